The van der Waals surface area contributed by atoms with Crippen LogP contribution in [0.4, 0.5) is 0 Å². The number of nitrogens with one attached hydrogen (secondary N) is 1. The predicted molar refractivity (Wildman–Crippen MR) is 109 cm³/mol. The average Bonchev–Trinajstić information content (AvgIpc) is 2.65. The van der Waals surface area contributed by atoms with E-state index in [-0.39, 0.29) is 0 Å². The minimum Gasteiger partial charge on any atom is -0.312 e. The predicted octanol–water partition coefficient (Wildman–Crippen LogP) is 6.22. The topological polar surface area (TPSA) is 12.0 Å². The van der Waals surface area contributed by atoms with Crippen molar-refractivity contribution in [2.75, 3.05) is 6.54 Å². The van der Waals surface area contributed by atoms with E-state index in [4.69, 9.17) is 0 Å². The molecule has 1 aliphatic carbocycles. The van der Waals surface area contributed by atoms with Crippen LogP contribution in [-0.4, -0.2) is 6.54 Å². The third-order valence-electron chi connectivity index (χ3n) is 5.68. The molecule has 3 rings (SSSR count). The third kappa shape index (κ3) is 5.44. The molecule has 0 saturated heterocycles. The average molecular weight is 336 g/mol. The quantitative estimate of drug-likeness (QED) is 0.633. The van der Waals surface area contributed by atoms with Crippen LogP contribution in [0.2, 0.25) is 0 Å². The van der Waals surface area contributed by atoms with Gasteiger partial charge in [0.2, 0.25) is 0 Å². The Morgan fingerprint density at radius 1 is 0.800 bits per heavy atom. The van der Waals surface area contributed by atoms with Gasteiger partial charge in [0.15, 0.2) is 0 Å². The van der Waals surface area contributed by atoms with E-state index in [1.165, 1.54) is 67.3 Å². The Bertz CT molecular complexity index is 618. The largest absolute Gasteiger partial charge is 0.312 e. The molecule has 0 heterocycles. The van der Waals surface area contributed by atoms with E-state index >= 15 is 0 Å². The van der Waals surface area contributed by atoms with Gasteiger partial charge in [0.25, 0.3) is 0 Å². The van der Waals surface area contributed by atoms with E-state index in [9.17, 15) is 0 Å². The molecule has 0 bridgehead atoms. The van der Waals surface area contributed by atoms with Crippen LogP contribution in [0.15, 0.2) is 48.5 Å². The molecule has 0 atom stereocenters. The summed E-state index contributed by atoms with van der Waals surface area (Å²) in [6.07, 6.45) is 8.02. The molecule has 0 radical (unpaired) electrons. The number of rotatable bonds is 7. The molecule has 2 aromatic carbocycles. The van der Waals surface area contributed by atoms with Crippen molar-refractivity contribution in [3.05, 3.63) is 59.7 Å². The summed E-state index contributed by atoms with van der Waals surface area (Å²) < 4.78 is 0. The number of aryl methyl sites for hydroxylation is 1. The highest BCUT2D eigenvalue weighted by Crippen LogP contribution is 2.27. The number of benzene rings is 2. The standard InChI is InChI=1S/C24H33N/c1-3-4-20-9-13-23(14-10-20)24-15-11-22(12-16-24)18-25-17-21-7-5-19(2)6-8-21/h9-16,19,21,25H,3-8,17-18H2,1-2H3. The van der Waals surface area contributed by atoms with Gasteiger partial charge in [-0.15, -0.1) is 0 Å². The molecule has 1 nitrogen and oxygen atoms in total. The molecule has 1 heteroatoms. The monoisotopic (exact) mass is 335 g/mol. The first kappa shape index (κ1) is 18.2. The van der Waals surface area contributed by atoms with Gasteiger partial charge < -0.3 is 5.32 Å². The summed E-state index contributed by atoms with van der Waals surface area (Å²) in [5, 5.41) is 3.67. The highest BCUT2D eigenvalue weighted by Gasteiger charge is 2.17. The van der Waals surface area contributed by atoms with Crippen molar-refractivity contribution in [1.29, 1.82) is 0 Å². The lowest BCUT2D eigenvalue weighted by atomic mass is 9.83. The van der Waals surface area contributed by atoms with E-state index in [0.717, 1.165) is 18.4 Å². The lowest BCUT2D eigenvalue weighted by Gasteiger charge is -2.26. The fourth-order valence-corrected chi connectivity index (χ4v) is 3.92. The van der Waals surface area contributed by atoms with Crippen LogP contribution in [0.5, 0.6) is 0 Å². The van der Waals surface area contributed by atoms with Crippen molar-refractivity contribution in [2.45, 2.75) is 58.9 Å². The normalized spacial score (nSPS) is 20.6. The van der Waals surface area contributed by atoms with E-state index in [1.807, 2.05) is 0 Å². The zero-order valence-electron chi connectivity index (χ0n) is 15.9. The van der Waals surface area contributed by atoms with Crippen LogP contribution in [-0.2, 0) is 13.0 Å². The molecule has 0 aliphatic heterocycles. The van der Waals surface area contributed by atoms with Gasteiger partial charge in [-0.3, -0.25) is 0 Å². The van der Waals surface area contributed by atoms with E-state index in [2.05, 4.69) is 67.7 Å². The SMILES string of the molecule is CCCc1ccc(-c2ccc(CNCC3CCC(C)CC3)cc2)cc1. The molecule has 25 heavy (non-hydrogen) atoms. The van der Waals surface area contributed by atoms with Crippen LogP contribution >= 0.6 is 0 Å². The maximum atomic E-state index is 3.67. The van der Waals surface area contributed by atoms with Crippen molar-refractivity contribution in [1.82, 2.24) is 5.32 Å². The van der Waals surface area contributed by atoms with Crippen LogP contribution in [0.1, 0.15) is 57.1 Å². The van der Waals surface area contributed by atoms with E-state index in [0.29, 0.717) is 0 Å². The Kier molecular flexibility index (Phi) is 6.69. The first-order valence-electron chi connectivity index (χ1n) is 10.1. The maximum Gasteiger partial charge on any atom is 0.0205 e. The molecule has 0 spiro atoms. The zero-order chi connectivity index (χ0) is 17.5. The molecule has 2 aromatic rings. The van der Waals surface area contributed by atoms with Gasteiger partial charge in [-0.05, 0) is 59.9 Å². The van der Waals surface area contributed by atoms with Crippen molar-refractivity contribution in [3.63, 3.8) is 0 Å². The van der Waals surface area contributed by atoms with Crippen LogP contribution < -0.4 is 5.32 Å². The zero-order valence-corrected chi connectivity index (χ0v) is 15.9. The van der Waals surface area contributed by atoms with Crippen LogP contribution in [0.25, 0.3) is 11.1 Å². The van der Waals surface area contributed by atoms with E-state index in [1.54, 1.807) is 0 Å². The fraction of sp³-hybridized carbons (Fsp3) is 0.500. The lowest BCUT2D eigenvalue weighted by Crippen LogP contribution is -2.25. The molecule has 1 N–H and O–H groups in total. The smallest absolute Gasteiger partial charge is 0.0205 e. The summed E-state index contributed by atoms with van der Waals surface area (Å²) in [6.45, 7) is 6.78. The summed E-state index contributed by atoms with van der Waals surface area (Å²) in [6, 6.07) is 18.1. The maximum absolute atomic E-state index is 3.67. The Morgan fingerprint density at radius 3 is 1.92 bits per heavy atom. The second kappa shape index (κ2) is 9.20. The van der Waals surface area contributed by atoms with Crippen molar-refractivity contribution < 1.29 is 0 Å². The van der Waals surface area contributed by atoms with Crippen molar-refractivity contribution in [3.8, 4) is 11.1 Å². The Hall–Kier alpha value is -1.60. The second-order valence-corrected chi connectivity index (χ2v) is 7.90. The van der Waals surface area contributed by atoms with Gasteiger partial charge in [-0.1, -0.05) is 81.6 Å². The summed E-state index contributed by atoms with van der Waals surface area (Å²) in [5.74, 6) is 1.83. The Morgan fingerprint density at radius 2 is 1.36 bits per heavy atom. The van der Waals surface area contributed by atoms with Crippen molar-refractivity contribution >= 4 is 0 Å². The summed E-state index contributed by atoms with van der Waals surface area (Å²) >= 11 is 0. The van der Waals surface area contributed by atoms with Gasteiger partial charge in [-0.2, -0.15) is 0 Å². The van der Waals surface area contributed by atoms with Gasteiger partial charge in [0.05, 0.1) is 0 Å². The summed E-state index contributed by atoms with van der Waals surface area (Å²) in [5.41, 5.74) is 5.45. The molecule has 1 saturated carbocycles. The first-order valence-corrected chi connectivity index (χ1v) is 10.1. The molecule has 134 valence electrons. The number of hydrogen-bond acceptors (Lipinski definition) is 1. The first-order chi connectivity index (χ1) is 12.2. The molecular weight excluding hydrogens is 302 g/mol. The summed E-state index contributed by atoms with van der Waals surface area (Å²) in [7, 11) is 0. The fourth-order valence-electron chi connectivity index (χ4n) is 3.92. The van der Waals surface area contributed by atoms with Crippen LogP contribution in [0.3, 0.4) is 0 Å². The highest BCUT2D eigenvalue weighted by molar-refractivity contribution is 5.63. The third-order valence-corrected chi connectivity index (χ3v) is 5.68. The van der Waals surface area contributed by atoms with Crippen molar-refractivity contribution in [2.24, 2.45) is 11.8 Å². The molecule has 0 unspecified atom stereocenters. The molecule has 1 fully saturated rings. The van der Waals surface area contributed by atoms with E-state index < -0.39 is 0 Å². The van der Waals surface area contributed by atoms with Gasteiger partial charge in [0, 0.05) is 6.54 Å². The molecule has 0 amide bonds. The molecule has 1 aliphatic rings. The molecule has 0 aromatic heterocycles. The highest BCUT2D eigenvalue weighted by atomic mass is 14.9. The van der Waals surface area contributed by atoms with Crippen LogP contribution in [0, 0.1) is 11.8 Å². The minimum absolute atomic E-state index is 0.886. The lowest BCUT2D eigenvalue weighted by molar-refractivity contribution is 0.281. The molecular formula is C24H33N. The minimum atomic E-state index is 0.886. The number of hydrogen-bond donors (Lipinski definition) is 1. The second-order valence-electron chi connectivity index (χ2n) is 7.90. The summed E-state index contributed by atoms with van der Waals surface area (Å²) in [4.78, 5) is 0. The Labute approximate surface area is 153 Å². The Balaban J connectivity index is 1.48. The van der Waals surface area contributed by atoms with Gasteiger partial charge >= 0.3 is 0 Å². The van der Waals surface area contributed by atoms with Gasteiger partial charge in [-0.25, -0.2) is 0 Å². The van der Waals surface area contributed by atoms with Gasteiger partial charge in [0.1, 0.15) is 0 Å².